The van der Waals surface area contributed by atoms with E-state index < -0.39 is 5.97 Å². The van der Waals surface area contributed by atoms with Gasteiger partial charge in [-0.15, -0.1) is 11.3 Å². The van der Waals surface area contributed by atoms with E-state index in [9.17, 15) is 9.90 Å². The number of aromatic nitrogens is 1. The van der Waals surface area contributed by atoms with Crippen LogP contribution in [0.2, 0.25) is 0 Å². The SMILES string of the molecule is Cc1cccc(C(=O)O)c1OCc1nc(C(C)(C)C)cs1. The van der Waals surface area contributed by atoms with Gasteiger partial charge in [-0.1, -0.05) is 32.9 Å². The number of para-hydroxylation sites is 1. The van der Waals surface area contributed by atoms with Crippen LogP contribution in [0.1, 0.15) is 47.4 Å². The van der Waals surface area contributed by atoms with Crippen LogP contribution in [-0.4, -0.2) is 16.1 Å². The van der Waals surface area contributed by atoms with Gasteiger partial charge in [0.05, 0.1) is 5.69 Å². The van der Waals surface area contributed by atoms with Gasteiger partial charge in [-0.3, -0.25) is 0 Å². The Hall–Kier alpha value is -1.88. The number of nitrogens with zero attached hydrogens (tertiary/aromatic N) is 1. The number of hydrogen-bond acceptors (Lipinski definition) is 4. The summed E-state index contributed by atoms with van der Waals surface area (Å²) in [5, 5.41) is 12.1. The molecule has 0 fully saturated rings. The molecule has 0 radical (unpaired) electrons. The Morgan fingerprint density at radius 1 is 1.38 bits per heavy atom. The van der Waals surface area contributed by atoms with Gasteiger partial charge in [0.1, 0.15) is 22.9 Å². The van der Waals surface area contributed by atoms with E-state index in [2.05, 4.69) is 25.8 Å². The van der Waals surface area contributed by atoms with Gasteiger partial charge in [0.2, 0.25) is 0 Å². The lowest BCUT2D eigenvalue weighted by atomic mass is 9.93. The van der Waals surface area contributed by atoms with Crippen LogP contribution in [0.25, 0.3) is 0 Å². The molecular formula is C16H19NO3S. The van der Waals surface area contributed by atoms with Crippen molar-refractivity contribution < 1.29 is 14.6 Å². The van der Waals surface area contributed by atoms with E-state index in [-0.39, 0.29) is 17.6 Å². The Kier molecular flexibility index (Phi) is 4.32. The smallest absolute Gasteiger partial charge is 0.339 e. The van der Waals surface area contributed by atoms with E-state index in [1.807, 2.05) is 18.4 Å². The number of ether oxygens (including phenoxy) is 1. The van der Waals surface area contributed by atoms with Crippen molar-refractivity contribution in [2.75, 3.05) is 0 Å². The lowest BCUT2D eigenvalue weighted by molar-refractivity contribution is 0.0691. The third-order valence-electron chi connectivity index (χ3n) is 3.10. The zero-order valence-electron chi connectivity index (χ0n) is 12.6. The fourth-order valence-electron chi connectivity index (χ4n) is 1.87. The number of carboxylic acid groups (broad SMARTS) is 1. The molecule has 0 aliphatic heterocycles. The van der Waals surface area contributed by atoms with Crippen LogP contribution < -0.4 is 4.74 Å². The molecule has 0 bridgehead atoms. The van der Waals surface area contributed by atoms with Gasteiger partial charge in [-0.2, -0.15) is 0 Å². The van der Waals surface area contributed by atoms with Crippen LogP contribution in [0, 0.1) is 6.92 Å². The zero-order valence-corrected chi connectivity index (χ0v) is 13.5. The van der Waals surface area contributed by atoms with Crippen LogP contribution in [0.3, 0.4) is 0 Å². The molecule has 0 aliphatic carbocycles. The number of aryl methyl sites for hydroxylation is 1. The van der Waals surface area contributed by atoms with Crippen LogP contribution >= 0.6 is 11.3 Å². The number of hydrogen-bond donors (Lipinski definition) is 1. The maximum Gasteiger partial charge on any atom is 0.339 e. The molecule has 2 aromatic rings. The van der Waals surface area contributed by atoms with E-state index in [4.69, 9.17) is 4.74 Å². The largest absolute Gasteiger partial charge is 0.485 e. The van der Waals surface area contributed by atoms with Crippen molar-refractivity contribution >= 4 is 17.3 Å². The van der Waals surface area contributed by atoms with Crippen LogP contribution in [-0.2, 0) is 12.0 Å². The molecule has 1 N–H and O–H groups in total. The molecule has 0 unspecified atom stereocenters. The number of carboxylic acids is 1. The molecule has 1 aromatic heterocycles. The minimum Gasteiger partial charge on any atom is -0.485 e. The van der Waals surface area contributed by atoms with Gasteiger partial charge in [0.25, 0.3) is 0 Å². The third kappa shape index (κ3) is 3.61. The van der Waals surface area contributed by atoms with Gasteiger partial charge in [-0.05, 0) is 18.6 Å². The predicted molar refractivity (Wildman–Crippen MR) is 83.3 cm³/mol. The summed E-state index contributed by atoms with van der Waals surface area (Å²) < 4.78 is 5.71. The molecule has 5 heteroatoms. The molecule has 0 amide bonds. The molecule has 1 aromatic carbocycles. The van der Waals surface area contributed by atoms with Gasteiger partial charge >= 0.3 is 5.97 Å². The molecule has 0 spiro atoms. The first kappa shape index (κ1) is 15.5. The van der Waals surface area contributed by atoms with Crippen molar-refractivity contribution in [2.45, 2.75) is 39.7 Å². The Labute approximate surface area is 128 Å². The van der Waals surface area contributed by atoms with E-state index in [0.717, 1.165) is 16.3 Å². The number of thiazole rings is 1. The summed E-state index contributed by atoms with van der Waals surface area (Å²) in [6.45, 7) is 8.44. The highest BCUT2D eigenvalue weighted by Gasteiger charge is 2.18. The molecule has 0 atom stereocenters. The second-order valence-corrected chi connectivity index (χ2v) is 6.86. The summed E-state index contributed by atoms with van der Waals surface area (Å²) >= 11 is 1.53. The second kappa shape index (κ2) is 5.85. The van der Waals surface area contributed by atoms with Crippen molar-refractivity contribution in [1.29, 1.82) is 0 Å². The minimum absolute atomic E-state index is 0.00361. The maximum absolute atomic E-state index is 11.2. The summed E-state index contributed by atoms with van der Waals surface area (Å²) in [6, 6.07) is 5.10. The maximum atomic E-state index is 11.2. The molecule has 0 saturated heterocycles. The number of aromatic carboxylic acids is 1. The average molecular weight is 305 g/mol. The van der Waals surface area contributed by atoms with Crippen LogP contribution in [0.5, 0.6) is 5.75 Å². The molecule has 0 saturated carbocycles. The zero-order chi connectivity index (χ0) is 15.6. The van der Waals surface area contributed by atoms with Crippen LogP contribution in [0.4, 0.5) is 0 Å². The lowest BCUT2D eigenvalue weighted by Gasteiger charge is -2.14. The number of carbonyl (C=O) groups is 1. The monoisotopic (exact) mass is 305 g/mol. The average Bonchev–Trinajstić information content (AvgIpc) is 2.85. The summed E-state index contributed by atoms with van der Waals surface area (Å²) in [6.07, 6.45) is 0. The van der Waals surface area contributed by atoms with Gasteiger partial charge in [0.15, 0.2) is 0 Å². The quantitative estimate of drug-likeness (QED) is 0.926. The fraction of sp³-hybridized carbons (Fsp3) is 0.375. The van der Waals surface area contributed by atoms with Gasteiger partial charge in [0, 0.05) is 10.8 Å². The Balaban J connectivity index is 2.17. The Morgan fingerprint density at radius 3 is 2.67 bits per heavy atom. The van der Waals surface area contributed by atoms with Crippen LogP contribution in [0.15, 0.2) is 23.6 Å². The highest BCUT2D eigenvalue weighted by molar-refractivity contribution is 7.09. The van der Waals surface area contributed by atoms with Crippen molar-refractivity contribution in [1.82, 2.24) is 4.98 Å². The Bertz CT molecular complexity index is 656. The fourth-order valence-corrected chi connectivity index (χ4v) is 2.80. The Morgan fingerprint density at radius 2 is 2.10 bits per heavy atom. The van der Waals surface area contributed by atoms with Crippen molar-refractivity contribution in [2.24, 2.45) is 0 Å². The van der Waals surface area contributed by atoms with Crippen molar-refractivity contribution in [3.8, 4) is 5.75 Å². The molecule has 2 rings (SSSR count). The number of rotatable bonds is 4. The molecule has 1 heterocycles. The molecule has 4 nitrogen and oxygen atoms in total. The highest BCUT2D eigenvalue weighted by Crippen LogP contribution is 2.27. The van der Waals surface area contributed by atoms with Gasteiger partial charge < -0.3 is 9.84 Å². The van der Waals surface area contributed by atoms with E-state index in [1.54, 1.807) is 12.1 Å². The second-order valence-electron chi connectivity index (χ2n) is 5.92. The standard InChI is InChI=1S/C16H19NO3S/c1-10-6-5-7-11(15(18)19)14(10)20-8-13-17-12(9-21-13)16(2,3)4/h5-7,9H,8H2,1-4H3,(H,18,19). The summed E-state index contributed by atoms with van der Waals surface area (Å²) in [7, 11) is 0. The first-order chi connectivity index (χ1) is 9.79. The van der Waals surface area contributed by atoms with Gasteiger partial charge in [-0.25, -0.2) is 9.78 Å². The lowest BCUT2D eigenvalue weighted by Crippen LogP contribution is -2.12. The third-order valence-corrected chi connectivity index (χ3v) is 3.92. The molecule has 0 aliphatic rings. The summed E-state index contributed by atoms with van der Waals surface area (Å²) in [5.74, 6) is -0.569. The minimum atomic E-state index is -0.983. The normalized spacial score (nSPS) is 11.4. The highest BCUT2D eigenvalue weighted by atomic mass is 32.1. The van der Waals surface area contributed by atoms with E-state index in [0.29, 0.717) is 5.75 Å². The van der Waals surface area contributed by atoms with Crippen molar-refractivity contribution in [3.63, 3.8) is 0 Å². The number of benzene rings is 1. The predicted octanol–water partition coefficient (Wildman–Crippen LogP) is 4.03. The first-order valence-electron chi connectivity index (χ1n) is 6.69. The van der Waals surface area contributed by atoms with E-state index in [1.165, 1.54) is 11.3 Å². The first-order valence-corrected chi connectivity index (χ1v) is 7.57. The molecular weight excluding hydrogens is 286 g/mol. The molecule has 21 heavy (non-hydrogen) atoms. The summed E-state index contributed by atoms with van der Waals surface area (Å²) in [4.78, 5) is 15.8. The van der Waals surface area contributed by atoms with Crippen molar-refractivity contribution in [3.05, 3.63) is 45.4 Å². The molecule has 112 valence electrons. The van der Waals surface area contributed by atoms with E-state index >= 15 is 0 Å². The topological polar surface area (TPSA) is 59.4 Å². The summed E-state index contributed by atoms with van der Waals surface area (Å²) in [5.41, 5.74) is 2.02.